The molecule has 0 aliphatic carbocycles. The number of aromatic nitrogens is 4. The second-order valence-corrected chi connectivity index (χ2v) is 4.25. The van der Waals surface area contributed by atoms with Gasteiger partial charge in [-0.15, -0.1) is 0 Å². The summed E-state index contributed by atoms with van der Waals surface area (Å²) in [6, 6.07) is 3.18. The van der Waals surface area contributed by atoms with Crippen molar-refractivity contribution < 1.29 is 9.72 Å². The van der Waals surface area contributed by atoms with Gasteiger partial charge in [0.1, 0.15) is 24.0 Å². The van der Waals surface area contributed by atoms with Crippen LogP contribution in [0.15, 0.2) is 12.3 Å². The SMILES string of the molecule is Cc1cc([N+](=O)[O-])nn1CC(=O)Nc1c(C#N)cnn1C. The molecule has 0 aliphatic rings. The first-order chi connectivity index (χ1) is 9.92. The van der Waals surface area contributed by atoms with E-state index in [4.69, 9.17) is 5.26 Å². The third-order valence-corrected chi connectivity index (χ3v) is 2.77. The van der Waals surface area contributed by atoms with Crippen LogP contribution >= 0.6 is 0 Å². The highest BCUT2D eigenvalue weighted by Crippen LogP contribution is 2.14. The van der Waals surface area contributed by atoms with Gasteiger partial charge >= 0.3 is 5.82 Å². The molecule has 0 aliphatic heterocycles. The van der Waals surface area contributed by atoms with E-state index < -0.39 is 10.8 Å². The van der Waals surface area contributed by atoms with Gasteiger partial charge in [0, 0.05) is 7.05 Å². The molecule has 2 aromatic heterocycles. The predicted molar refractivity (Wildman–Crippen MR) is 70.2 cm³/mol. The maximum atomic E-state index is 11.9. The van der Waals surface area contributed by atoms with E-state index in [0.717, 1.165) is 0 Å². The van der Waals surface area contributed by atoms with Gasteiger partial charge < -0.3 is 15.4 Å². The zero-order valence-electron chi connectivity index (χ0n) is 11.3. The van der Waals surface area contributed by atoms with Crippen molar-refractivity contribution >= 4 is 17.5 Å². The Hall–Kier alpha value is -3.22. The van der Waals surface area contributed by atoms with Gasteiger partial charge in [-0.05, 0) is 11.8 Å². The molecular formula is C11H11N7O3. The standard InChI is InChI=1S/C11H11N7O3/c1-7-3-9(18(20)21)15-17(7)6-10(19)14-11-8(4-12)5-13-16(11)2/h3,5H,6H2,1-2H3,(H,14,19). The number of hydrogen-bond acceptors (Lipinski definition) is 6. The topological polar surface area (TPSA) is 132 Å². The lowest BCUT2D eigenvalue weighted by Gasteiger charge is -2.05. The van der Waals surface area contributed by atoms with Crippen LogP contribution in [0.5, 0.6) is 0 Å². The fraction of sp³-hybridized carbons (Fsp3) is 0.273. The van der Waals surface area contributed by atoms with E-state index in [1.807, 2.05) is 6.07 Å². The lowest BCUT2D eigenvalue weighted by molar-refractivity contribution is -0.389. The van der Waals surface area contributed by atoms with E-state index in [-0.39, 0.29) is 23.7 Å². The minimum absolute atomic E-state index is 0.199. The van der Waals surface area contributed by atoms with Crippen LogP contribution in [0.3, 0.4) is 0 Å². The number of carbonyl (C=O) groups excluding carboxylic acids is 1. The van der Waals surface area contributed by atoms with Crippen LogP contribution < -0.4 is 5.32 Å². The molecule has 0 unspecified atom stereocenters. The second kappa shape index (κ2) is 5.41. The molecule has 2 aromatic rings. The largest absolute Gasteiger partial charge is 0.390 e. The van der Waals surface area contributed by atoms with Crippen molar-refractivity contribution in [2.45, 2.75) is 13.5 Å². The Morgan fingerprint density at radius 1 is 1.62 bits per heavy atom. The molecule has 0 bridgehead atoms. The molecule has 0 spiro atoms. The summed E-state index contributed by atoms with van der Waals surface area (Å²) < 4.78 is 2.57. The summed E-state index contributed by atoms with van der Waals surface area (Å²) in [5, 5.41) is 29.6. The van der Waals surface area contributed by atoms with Crippen LogP contribution in [-0.4, -0.2) is 30.4 Å². The van der Waals surface area contributed by atoms with Gasteiger partial charge in [-0.25, -0.2) is 0 Å². The number of rotatable bonds is 4. The minimum Gasteiger partial charge on any atom is -0.358 e. The molecule has 0 fully saturated rings. The van der Waals surface area contributed by atoms with Crippen LogP contribution in [0.2, 0.25) is 0 Å². The first-order valence-corrected chi connectivity index (χ1v) is 5.83. The Balaban J connectivity index is 2.14. The summed E-state index contributed by atoms with van der Waals surface area (Å²) in [5.74, 6) is -0.517. The number of amides is 1. The summed E-state index contributed by atoms with van der Waals surface area (Å²) in [4.78, 5) is 21.9. The molecule has 2 rings (SSSR count). The second-order valence-electron chi connectivity index (χ2n) is 4.25. The smallest absolute Gasteiger partial charge is 0.358 e. The zero-order chi connectivity index (χ0) is 15.6. The Bertz CT molecular complexity index is 752. The molecule has 108 valence electrons. The first kappa shape index (κ1) is 14.2. The average molecular weight is 289 g/mol. The quantitative estimate of drug-likeness (QED) is 0.637. The molecule has 0 aromatic carbocycles. The van der Waals surface area contributed by atoms with Crippen molar-refractivity contribution in [3.8, 4) is 6.07 Å². The van der Waals surface area contributed by atoms with Gasteiger partial charge in [0.25, 0.3) is 0 Å². The van der Waals surface area contributed by atoms with E-state index in [9.17, 15) is 14.9 Å². The first-order valence-electron chi connectivity index (χ1n) is 5.83. The highest BCUT2D eigenvalue weighted by molar-refractivity contribution is 5.90. The number of nitrogens with zero attached hydrogens (tertiary/aromatic N) is 6. The van der Waals surface area contributed by atoms with E-state index in [0.29, 0.717) is 5.69 Å². The average Bonchev–Trinajstić information content (AvgIpc) is 2.95. The molecule has 1 N–H and O–H groups in total. The summed E-state index contributed by atoms with van der Waals surface area (Å²) in [5.41, 5.74) is 0.719. The molecular weight excluding hydrogens is 278 g/mol. The van der Waals surface area contributed by atoms with Gasteiger partial charge in [0.2, 0.25) is 5.91 Å². The van der Waals surface area contributed by atoms with Crippen LogP contribution in [0.1, 0.15) is 11.3 Å². The number of carbonyl (C=O) groups is 1. The Morgan fingerprint density at radius 2 is 2.33 bits per heavy atom. The Morgan fingerprint density at radius 3 is 2.90 bits per heavy atom. The highest BCUT2D eigenvalue weighted by Gasteiger charge is 2.19. The lowest BCUT2D eigenvalue weighted by atomic mass is 10.3. The van der Waals surface area contributed by atoms with E-state index >= 15 is 0 Å². The molecule has 10 nitrogen and oxygen atoms in total. The molecule has 1 amide bonds. The van der Waals surface area contributed by atoms with E-state index in [2.05, 4.69) is 15.5 Å². The van der Waals surface area contributed by atoms with Gasteiger partial charge in [-0.3, -0.25) is 9.48 Å². The molecule has 2 heterocycles. The van der Waals surface area contributed by atoms with Crippen molar-refractivity contribution in [1.29, 1.82) is 5.26 Å². The van der Waals surface area contributed by atoms with Crippen LogP contribution in [0.25, 0.3) is 0 Å². The van der Waals surface area contributed by atoms with Crippen molar-refractivity contribution in [3.63, 3.8) is 0 Å². The Labute approximate surface area is 118 Å². The molecule has 0 atom stereocenters. The van der Waals surface area contributed by atoms with Crippen LogP contribution in [0.4, 0.5) is 11.6 Å². The van der Waals surface area contributed by atoms with Crippen molar-refractivity contribution in [2.75, 3.05) is 5.32 Å². The van der Waals surface area contributed by atoms with Gasteiger partial charge in [-0.1, -0.05) is 0 Å². The maximum absolute atomic E-state index is 11.9. The molecule has 0 saturated heterocycles. The maximum Gasteiger partial charge on any atom is 0.390 e. The molecule has 0 radical (unpaired) electrons. The fourth-order valence-electron chi connectivity index (χ4n) is 1.72. The monoisotopic (exact) mass is 289 g/mol. The molecule has 10 heteroatoms. The number of anilines is 1. The van der Waals surface area contributed by atoms with Crippen molar-refractivity contribution in [1.82, 2.24) is 19.6 Å². The van der Waals surface area contributed by atoms with Gasteiger partial charge in [-0.2, -0.15) is 15.0 Å². The fourth-order valence-corrected chi connectivity index (χ4v) is 1.72. The summed E-state index contributed by atoms with van der Waals surface area (Å²) in [6.07, 6.45) is 1.33. The number of nitro groups is 1. The predicted octanol–water partition coefficient (Wildman–Crippen LogP) is 0.344. The normalized spacial score (nSPS) is 10.1. The van der Waals surface area contributed by atoms with Crippen molar-refractivity contribution in [2.24, 2.45) is 7.05 Å². The highest BCUT2D eigenvalue weighted by atomic mass is 16.6. The van der Waals surface area contributed by atoms with E-state index in [1.165, 1.54) is 21.6 Å². The Kier molecular flexibility index (Phi) is 3.66. The summed E-state index contributed by atoms with van der Waals surface area (Å²) >= 11 is 0. The third kappa shape index (κ3) is 2.86. The lowest BCUT2D eigenvalue weighted by Crippen LogP contribution is -2.22. The number of nitriles is 1. The van der Waals surface area contributed by atoms with Gasteiger partial charge in [0.15, 0.2) is 0 Å². The summed E-state index contributed by atoms with van der Waals surface area (Å²) in [7, 11) is 1.58. The molecule has 0 saturated carbocycles. The number of hydrogen-bond donors (Lipinski definition) is 1. The zero-order valence-corrected chi connectivity index (χ0v) is 11.3. The van der Waals surface area contributed by atoms with Crippen LogP contribution in [-0.2, 0) is 18.4 Å². The van der Waals surface area contributed by atoms with Crippen molar-refractivity contribution in [3.05, 3.63) is 33.6 Å². The third-order valence-electron chi connectivity index (χ3n) is 2.77. The molecule has 21 heavy (non-hydrogen) atoms. The van der Waals surface area contributed by atoms with Gasteiger partial charge in [0.05, 0.1) is 23.1 Å². The minimum atomic E-state index is -0.629. The summed E-state index contributed by atoms with van der Waals surface area (Å²) in [6.45, 7) is 1.41. The number of aryl methyl sites for hydroxylation is 2. The number of nitrogens with one attached hydrogen (secondary N) is 1. The van der Waals surface area contributed by atoms with E-state index in [1.54, 1.807) is 14.0 Å². The van der Waals surface area contributed by atoms with Crippen LogP contribution in [0, 0.1) is 28.4 Å².